The normalized spacial score (nSPS) is 30.9. The van der Waals surface area contributed by atoms with E-state index in [0.717, 1.165) is 19.3 Å². The molecule has 1 aliphatic carbocycles. The highest BCUT2D eigenvalue weighted by atomic mass is 16.5. The predicted octanol–water partition coefficient (Wildman–Crippen LogP) is 3.67. The number of rotatable bonds is 5. The van der Waals surface area contributed by atoms with Gasteiger partial charge in [0.1, 0.15) is 0 Å². The van der Waals surface area contributed by atoms with E-state index in [1.807, 2.05) is 0 Å². The van der Waals surface area contributed by atoms with Gasteiger partial charge >= 0.3 is 0 Å². The number of ether oxygens (including phenoxy) is 1. The van der Waals surface area contributed by atoms with Crippen molar-refractivity contribution >= 4 is 0 Å². The summed E-state index contributed by atoms with van der Waals surface area (Å²) in [7, 11) is 0. The molecule has 0 aromatic carbocycles. The van der Waals surface area contributed by atoms with Crippen LogP contribution in [0.4, 0.5) is 0 Å². The molecule has 100 valence electrons. The van der Waals surface area contributed by atoms with Crippen LogP contribution in [0.15, 0.2) is 0 Å². The van der Waals surface area contributed by atoms with Gasteiger partial charge in [-0.2, -0.15) is 0 Å². The van der Waals surface area contributed by atoms with Crippen molar-refractivity contribution < 1.29 is 9.84 Å². The first-order valence-corrected chi connectivity index (χ1v) is 7.40. The van der Waals surface area contributed by atoms with Crippen molar-refractivity contribution in [2.45, 2.75) is 83.3 Å². The number of hydrogen-bond acceptors (Lipinski definition) is 2. The van der Waals surface area contributed by atoms with Crippen LogP contribution in [-0.4, -0.2) is 23.4 Å². The number of aliphatic hydroxyl groups excluding tert-OH is 1. The molecule has 2 unspecified atom stereocenters. The number of hydrogen-bond donors (Lipinski definition) is 1. The minimum Gasteiger partial charge on any atom is -0.396 e. The summed E-state index contributed by atoms with van der Waals surface area (Å²) in [5.41, 5.74) is 0.316. The van der Waals surface area contributed by atoms with Crippen LogP contribution in [0.3, 0.4) is 0 Å². The van der Waals surface area contributed by atoms with Gasteiger partial charge in [-0.15, -0.1) is 0 Å². The topological polar surface area (TPSA) is 29.5 Å². The predicted molar refractivity (Wildman–Crippen MR) is 70.0 cm³/mol. The molecule has 1 saturated carbocycles. The molecule has 0 amide bonds. The molecular weight excluding hydrogens is 212 g/mol. The fourth-order valence-corrected chi connectivity index (χ4v) is 3.83. The zero-order valence-electron chi connectivity index (χ0n) is 11.5. The third kappa shape index (κ3) is 3.03. The van der Waals surface area contributed by atoms with Crippen molar-refractivity contribution in [2.75, 3.05) is 6.61 Å². The van der Waals surface area contributed by atoms with Crippen molar-refractivity contribution in [2.24, 2.45) is 5.41 Å². The lowest BCUT2D eigenvalue weighted by atomic mass is 9.80. The highest BCUT2D eigenvalue weighted by Crippen LogP contribution is 2.46. The van der Waals surface area contributed by atoms with Crippen molar-refractivity contribution in [1.29, 1.82) is 0 Å². The maximum absolute atomic E-state index is 9.58. The molecule has 2 heteroatoms. The molecule has 1 heterocycles. The standard InChI is InChI=1S/C15H28O2/c1-3-7-14(2,12-16)11-13-6-10-15(17-13)8-4-5-9-15/h13,16H,3-12H2,1-2H3. The average Bonchev–Trinajstić information content (AvgIpc) is 2.91. The van der Waals surface area contributed by atoms with Crippen LogP contribution in [0.5, 0.6) is 0 Å². The Morgan fingerprint density at radius 1 is 1.29 bits per heavy atom. The maximum Gasteiger partial charge on any atom is 0.0687 e. The summed E-state index contributed by atoms with van der Waals surface area (Å²) >= 11 is 0. The summed E-state index contributed by atoms with van der Waals surface area (Å²) in [6.07, 6.45) is 11.4. The van der Waals surface area contributed by atoms with Gasteiger partial charge in [0, 0.05) is 6.61 Å². The van der Waals surface area contributed by atoms with E-state index >= 15 is 0 Å². The van der Waals surface area contributed by atoms with E-state index in [1.165, 1.54) is 38.5 Å². The lowest BCUT2D eigenvalue weighted by Crippen LogP contribution is -2.30. The third-order valence-corrected chi connectivity index (χ3v) is 4.81. The second kappa shape index (κ2) is 5.27. The molecule has 2 nitrogen and oxygen atoms in total. The summed E-state index contributed by atoms with van der Waals surface area (Å²) in [6.45, 7) is 4.70. The molecule has 2 aliphatic rings. The van der Waals surface area contributed by atoms with Gasteiger partial charge in [-0.25, -0.2) is 0 Å². The van der Waals surface area contributed by atoms with Crippen LogP contribution in [-0.2, 0) is 4.74 Å². The van der Waals surface area contributed by atoms with E-state index < -0.39 is 0 Å². The number of aliphatic hydroxyl groups is 1. The van der Waals surface area contributed by atoms with Crippen LogP contribution < -0.4 is 0 Å². The lowest BCUT2D eigenvalue weighted by molar-refractivity contribution is -0.0585. The molecule has 0 bridgehead atoms. The molecule has 2 fully saturated rings. The largest absolute Gasteiger partial charge is 0.396 e. The molecule has 0 radical (unpaired) electrons. The van der Waals surface area contributed by atoms with Crippen molar-refractivity contribution in [3.05, 3.63) is 0 Å². The first-order valence-electron chi connectivity index (χ1n) is 7.40. The highest BCUT2D eigenvalue weighted by molar-refractivity contribution is 4.94. The average molecular weight is 240 g/mol. The van der Waals surface area contributed by atoms with Crippen molar-refractivity contribution in [3.63, 3.8) is 0 Å². The Kier molecular flexibility index (Phi) is 4.14. The second-order valence-corrected chi connectivity index (χ2v) is 6.59. The summed E-state index contributed by atoms with van der Waals surface area (Å²) in [5, 5.41) is 9.58. The molecule has 1 saturated heterocycles. The van der Waals surface area contributed by atoms with Gasteiger partial charge in [-0.1, -0.05) is 33.1 Å². The SMILES string of the molecule is CCCC(C)(CO)CC1CCC2(CCCC2)O1. The zero-order valence-corrected chi connectivity index (χ0v) is 11.5. The fourth-order valence-electron chi connectivity index (χ4n) is 3.83. The monoisotopic (exact) mass is 240 g/mol. The van der Waals surface area contributed by atoms with Gasteiger partial charge in [0.15, 0.2) is 0 Å². The minimum absolute atomic E-state index is 0.0730. The second-order valence-electron chi connectivity index (χ2n) is 6.59. The summed E-state index contributed by atoms with van der Waals surface area (Å²) in [4.78, 5) is 0. The zero-order chi connectivity index (χ0) is 12.4. The Labute approximate surface area is 106 Å². The fraction of sp³-hybridized carbons (Fsp3) is 1.00. The summed E-state index contributed by atoms with van der Waals surface area (Å²) in [5.74, 6) is 0. The molecule has 0 aromatic rings. The Morgan fingerprint density at radius 3 is 2.59 bits per heavy atom. The van der Waals surface area contributed by atoms with E-state index in [9.17, 15) is 5.11 Å². The first-order chi connectivity index (χ1) is 8.11. The summed E-state index contributed by atoms with van der Waals surface area (Å²) < 4.78 is 6.34. The minimum atomic E-state index is 0.0730. The van der Waals surface area contributed by atoms with Gasteiger partial charge in [-0.05, 0) is 43.9 Å². The Bertz CT molecular complexity index is 245. The van der Waals surface area contributed by atoms with Crippen molar-refractivity contribution in [3.8, 4) is 0 Å². The van der Waals surface area contributed by atoms with Crippen LogP contribution >= 0.6 is 0 Å². The summed E-state index contributed by atoms with van der Waals surface area (Å²) in [6, 6.07) is 0. The van der Waals surface area contributed by atoms with Gasteiger partial charge in [0.2, 0.25) is 0 Å². The molecule has 0 aromatic heterocycles. The van der Waals surface area contributed by atoms with Gasteiger partial charge in [-0.3, -0.25) is 0 Å². The molecule has 1 N–H and O–H groups in total. The van der Waals surface area contributed by atoms with Crippen LogP contribution in [0.1, 0.15) is 71.6 Å². The molecule has 17 heavy (non-hydrogen) atoms. The van der Waals surface area contributed by atoms with Crippen LogP contribution in [0, 0.1) is 5.41 Å². The highest BCUT2D eigenvalue weighted by Gasteiger charge is 2.43. The van der Waals surface area contributed by atoms with E-state index in [4.69, 9.17) is 4.74 Å². The van der Waals surface area contributed by atoms with Crippen LogP contribution in [0.2, 0.25) is 0 Å². The van der Waals surface area contributed by atoms with Gasteiger partial charge < -0.3 is 9.84 Å². The van der Waals surface area contributed by atoms with Gasteiger partial charge in [0.05, 0.1) is 11.7 Å². The molecule has 2 atom stereocenters. The lowest BCUT2D eigenvalue weighted by Gasteiger charge is -2.31. The van der Waals surface area contributed by atoms with Crippen LogP contribution in [0.25, 0.3) is 0 Å². The molecular formula is C15H28O2. The Balaban J connectivity index is 1.88. The first kappa shape index (κ1) is 13.4. The van der Waals surface area contributed by atoms with E-state index in [0.29, 0.717) is 12.7 Å². The van der Waals surface area contributed by atoms with E-state index in [2.05, 4.69) is 13.8 Å². The molecule has 1 spiro atoms. The Hall–Kier alpha value is -0.0800. The van der Waals surface area contributed by atoms with E-state index in [1.54, 1.807) is 0 Å². The quantitative estimate of drug-likeness (QED) is 0.794. The van der Waals surface area contributed by atoms with Gasteiger partial charge in [0.25, 0.3) is 0 Å². The van der Waals surface area contributed by atoms with E-state index in [-0.39, 0.29) is 11.0 Å². The Morgan fingerprint density at radius 2 is 2.00 bits per heavy atom. The molecule has 2 rings (SSSR count). The smallest absolute Gasteiger partial charge is 0.0687 e. The molecule has 1 aliphatic heterocycles. The third-order valence-electron chi connectivity index (χ3n) is 4.81. The van der Waals surface area contributed by atoms with Crippen molar-refractivity contribution in [1.82, 2.24) is 0 Å². The maximum atomic E-state index is 9.58.